The first-order valence-corrected chi connectivity index (χ1v) is 9.48. The molecule has 0 bridgehead atoms. The molecule has 1 aromatic carbocycles. The first kappa shape index (κ1) is 19.4. The van der Waals surface area contributed by atoms with Gasteiger partial charge >= 0.3 is 12.1 Å². The molecule has 1 aliphatic heterocycles. The quantitative estimate of drug-likeness (QED) is 0.807. The first-order chi connectivity index (χ1) is 12.5. The Morgan fingerprint density at radius 3 is 2.59 bits per heavy atom. The Morgan fingerprint density at radius 2 is 2.07 bits per heavy atom. The van der Waals surface area contributed by atoms with Crippen LogP contribution in [0.2, 0.25) is 0 Å². The van der Waals surface area contributed by atoms with Gasteiger partial charge in [0, 0.05) is 24.6 Å². The summed E-state index contributed by atoms with van der Waals surface area (Å²) in [6.07, 6.45) is -2.30. The largest absolute Gasteiger partial charge is 0.480 e. The molecular weight excluding hydrogens is 387 g/mol. The molecule has 0 unspecified atom stereocenters. The number of aromatic nitrogens is 2. The van der Waals surface area contributed by atoms with Gasteiger partial charge in [-0.3, -0.25) is 4.79 Å². The highest BCUT2D eigenvalue weighted by atomic mass is 32.2. The Kier molecular flexibility index (Phi) is 4.76. The Bertz CT molecular complexity index is 985. The van der Waals surface area contributed by atoms with E-state index in [0.29, 0.717) is 5.82 Å². The predicted molar refractivity (Wildman–Crippen MR) is 88.3 cm³/mol. The van der Waals surface area contributed by atoms with Crippen LogP contribution in [0.3, 0.4) is 0 Å². The zero-order valence-electron chi connectivity index (χ0n) is 14.1. The van der Waals surface area contributed by atoms with Gasteiger partial charge < -0.3 is 15.0 Å². The van der Waals surface area contributed by atoms with Crippen LogP contribution in [-0.4, -0.2) is 46.9 Å². The number of nitrogens with zero attached hydrogens (tertiary/aromatic N) is 2. The van der Waals surface area contributed by atoms with Crippen LogP contribution in [0.15, 0.2) is 35.5 Å². The zero-order valence-corrected chi connectivity index (χ0v) is 14.9. The van der Waals surface area contributed by atoms with Crippen LogP contribution in [0, 0.1) is 6.92 Å². The second-order valence-corrected chi connectivity index (χ2v) is 8.42. The van der Waals surface area contributed by atoms with Crippen LogP contribution in [-0.2, 0) is 20.8 Å². The van der Waals surface area contributed by atoms with Crippen LogP contribution in [0.25, 0.3) is 5.69 Å². The van der Waals surface area contributed by atoms with Gasteiger partial charge in [-0.05, 0) is 31.5 Å². The number of carboxylic acid groups (broad SMARTS) is 1. The molecule has 146 valence electrons. The van der Waals surface area contributed by atoms with E-state index in [9.17, 15) is 26.4 Å². The molecule has 7 nitrogen and oxygen atoms in total. The van der Waals surface area contributed by atoms with Gasteiger partial charge in [-0.2, -0.15) is 13.2 Å². The smallest absolute Gasteiger partial charge is 0.417 e. The number of sulfone groups is 1. The van der Waals surface area contributed by atoms with Gasteiger partial charge in [-0.15, -0.1) is 0 Å². The monoisotopic (exact) mass is 403 g/mol. The van der Waals surface area contributed by atoms with Crippen molar-refractivity contribution in [3.8, 4) is 5.69 Å². The molecular formula is C16H16F3N3O4S. The maximum Gasteiger partial charge on any atom is 0.417 e. The second kappa shape index (κ2) is 6.64. The molecule has 11 heteroatoms. The summed E-state index contributed by atoms with van der Waals surface area (Å²) in [5.41, 5.74) is -1.16. The lowest BCUT2D eigenvalue weighted by atomic mass is 10.2. The highest BCUT2D eigenvalue weighted by Crippen LogP contribution is 2.38. The molecule has 2 N–H and O–H groups in total. The number of nitrogens with one attached hydrogen (secondary N) is 1. The molecule has 0 amide bonds. The van der Waals surface area contributed by atoms with E-state index in [-0.39, 0.29) is 18.7 Å². The van der Waals surface area contributed by atoms with Gasteiger partial charge in [0.15, 0.2) is 9.84 Å². The van der Waals surface area contributed by atoms with E-state index in [2.05, 4.69) is 10.3 Å². The lowest BCUT2D eigenvalue weighted by Crippen LogP contribution is -2.30. The van der Waals surface area contributed by atoms with Crippen molar-refractivity contribution < 1.29 is 31.5 Å². The van der Waals surface area contributed by atoms with E-state index in [0.717, 1.165) is 12.1 Å². The molecule has 1 aliphatic rings. The normalized spacial score (nSPS) is 20.7. The van der Waals surface area contributed by atoms with Crippen molar-refractivity contribution in [2.45, 2.75) is 35.7 Å². The third kappa shape index (κ3) is 3.56. The molecule has 1 fully saturated rings. The molecule has 2 heterocycles. The Hall–Kier alpha value is -2.40. The number of rotatable bonds is 4. The SMILES string of the molecule is Cc1nccn1-c1ccc(S(=O)(=O)[C@H]2CN[C@H](C(=O)O)C2)c(C(F)(F)F)c1. The molecule has 1 saturated heterocycles. The Morgan fingerprint density at radius 1 is 1.37 bits per heavy atom. The summed E-state index contributed by atoms with van der Waals surface area (Å²) in [5, 5.41) is 10.2. The van der Waals surface area contributed by atoms with Crippen molar-refractivity contribution >= 4 is 15.8 Å². The van der Waals surface area contributed by atoms with Crippen molar-refractivity contribution in [2.24, 2.45) is 0 Å². The van der Waals surface area contributed by atoms with Crippen LogP contribution in [0.1, 0.15) is 17.8 Å². The number of halogens is 3. The lowest BCUT2D eigenvalue weighted by Gasteiger charge is -2.18. The molecule has 2 aromatic rings. The van der Waals surface area contributed by atoms with Crippen molar-refractivity contribution in [3.63, 3.8) is 0 Å². The number of carbonyl (C=O) groups is 1. The van der Waals surface area contributed by atoms with Crippen LogP contribution >= 0.6 is 0 Å². The fourth-order valence-electron chi connectivity index (χ4n) is 3.10. The summed E-state index contributed by atoms with van der Waals surface area (Å²) in [6, 6.07) is 1.85. The third-order valence-electron chi connectivity index (χ3n) is 4.51. The number of alkyl halides is 3. The third-order valence-corrected chi connectivity index (χ3v) is 6.71. The molecule has 0 radical (unpaired) electrons. The average molecular weight is 403 g/mol. The fraction of sp³-hybridized carbons (Fsp3) is 0.375. The van der Waals surface area contributed by atoms with Crippen molar-refractivity contribution in [1.82, 2.24) is 14.9 Å². The standard InChI is InChI=1S/C16H16F3N3O4S/c1-9-20-4-5-22(9)10-2-3-14(12(6-10)16(17,18)19)27(25,26)11-7-13(15(23)24)21-8-11/h2-6,11,13,21H,7-8H2,1H3,(H,23,24)/t11-,13+/m1/s1. The summed E-state index contributed by atoms with van der Waals surface area (Å²) in [4.78, 5) is 14.1. The maximum absolute atomic E-state index is 13.6. The molecule has 1 aromatic heterocycles. The Labute approximate surface area is 152 Å². The van der Waals surface area contributed by atoms with E-state index < -0.39 is 43.7 Å². The topological polar surface area (TPSA) is 101 Å². The zero-order chi connectivity index (χ0) is 20.0. The van der Waals surface area contributed by atoms with E-state index in [1.807, 2.05) is 0 Å². The average Bonchev–Trinajstić information content (AvgIpc) is 3.22. The number of carboxylic acids is 1. The number of imidazole rings is 1. The van der Waals surface area contributed by atoms with Gasteiger partial charge in [0.05, 0.1) is 15.7 Å². The van der Waals surface area contributed by atoms with Crippen LogP contribution in [0.5, 0.6) is 0 Å². The highest BCUT2D eigenvalue weighted by Gasteiger charge is 2.43. The number of benzene rings is 1. The molecule has 3 rings (SSSR count). The van der Waals surface area contributed by atoms with Gasteiger partial charge in [0.2, 0.25) is 0 Å². The van der Waals surface area contributed by atoms with E-state index >= 15 is 0 Å². The molecule has 0 aliphatic carbocycles. The van der Waals surface area contributed by atoms with Gasteiger partial charge in [-0.1, -0.05) is 0 Å². The summed E-state index contributed by atoms with van der Waals surface area (Å²) < 4.78 is 67.8. The molecule has 27 heavy (non-hydrogen) atoms. The first-order valence-electron chi connectivity index (χ1n) is 7.93. The minimum Gasteiger partial charge on any atom is -0.480 e. The summed E-state index contributed by atoms with van der Waals surface area (Å²) in [5.74, 6) is -0.794. The molecule has 0 spiro atoms. The number of hydrogen-bond donors (Lipinski definition) is 2. The van der Waals surface area contributed by atoms with E-state index in [4.69, 9.17) is 5.11 Å². The second-order valence-electron chi connectivity index (χ2n) is 6.22. The van der Waals surface area contributed by atoms with Gasteiger partial charge in [0.1, 0.15) is 11.9 Å². The minimum atomic E-state index is -4.90. The van der Waals surface area contributed by atoms with Gasteiger partial charge in [0.25, 0.3) is 0 Å². The molecule has 0 saturated carbocycles. The summed E-state index contributed by atoms with van der Waals surface area (Å²) in [6.45, 7) is 1.38. The molecule has 2 atom stereocenters. The lowest BCUT2D eigenvalue weighted by molar-refractivity contribution is -0.140. The van der Waals surface area contributed by atoms with Crippen molar-refractivity contribution in [3.05, 3.63) is 42.0 Å². The van der Waals surface area contributed by atoms with E-state index in [1.165, 1.54) is 23.0 Å². The summed E-state index contributed by atoms with van der Waals surface area (Å²) in [7, 11) is -4.39. The van der Waals surface area contributed by atoms with Crippen LogP contribution in [0.4, 0.5) is 13.2 Å². The number of aryl methyl sites for hydroxylation is 1. The van der Waals surface area contributed by atoms with Crippen LogP contribution < -0.4 is 5.32 Å². The number of hydrogen-bond acceptors (Lipinski definition) is 5. The van der Waals surface area contributed by atoms with Crippen molar-refractivity contribution in [1.29, 1.82) is 0 Å². The highest BCUT2D eigenvalue weighted by molar-refractivity contribution is 7.92. The maximum atomic E-state index is 13.6. The minimum absolute atomic E-state index is 0.129. The predicted octanol–water partition coefficient (Wildman–Crippen LogP) is 1.79. The van der Waals surface area contributed by atoms with E-state index in [1.54, 1.807) is 6.92 Å². The summed E-state index contributed by atoms with van der Waals surface area (Å²) >= 11 is 0. The number of aliphatic carboxylic acids is 1. The Balaban J connectivity index is 2.07. The fourth-order valence-corrected chi connectivity index (χ4v) is 4.96. The van der Waals surface area contributed by atoms with Gasteiger partial charge in [-0.25, -0.2) is 13.4 Å². The van der Waals surface area contributed by atoms with Crippen molar-refractivity contribution in [2.75, 3.05) is 6.54 Å².